The van der Waals surface area contributed by atoms with Crippen LogP contribution in [0.5, 0.6) is 0 Å². The Hall–Kier alpha value is -3.53. The number of carbonyl (C=O) groups is 3. The third-order valence-corrected chi connectivity index (χ3v) is 9.56. The number of aryl methyl sites for hydroxylation is 2. The molecule has 0 aliphatic carbocycles. The van der Waals surface area contributed by atoms with Gasteiger partial charge < -0.3 is 5.32 Å². The minimum Gasteiger partial charge on any atom is -0.326 e. The summed E-state index contributed by atoms with van der Waals surface area (Å²) >= 11 is 6.41. The molecule has 8 nitrogen and oxygen atoms in total. The molecule has 10 heteroatoms. The van der Waals surface area contributed by atoms with Crippen molar-refractivity contribution >= 4 is 50.7 Å². The number of sulfonamides is 1. The predicted molar refractivity (Wildman–Crippen MR) is 151 cm³/mol. The van der Waals surface area contributed by atoms with E-state index < -0.39 is 27.9 Å². The summed E-state index contributed by atoms with van der Waals surface area (Å²) in [7, 11) is -4.26. The second-order valence-corrected chi connectivity index (χ2v) is 12.0. The Bertz CT molecular complexity index is 1560. The summed E-state index contributed by atoms with van der Waals surface area (Å²) < 4.78 is 29.9. The first-order valence-corrected chi connectivity index (χ1v) is 14.2. The topological polar surface area (TPSA) is 104 Å². The summed E-state index contributed by atoms with van der Waals surface area (Å²) in [5.74, 6) is -1.43. The largest absolute Gasteiger partial charge is 0.326 e. The monoisotopic (exact) mass is 567 g/mol. The van der Waals surface area contributed by atoms with E-state index in [1.54, 1.807) is 50.2 Å². The van der Waals surface area contributed by atoms with E-state index in [2.05, 4.69) is 5.32 Å². The van der Waals surface area contributed by atoms with Gasteiger partial charge in [0.25, 0.3) is 5.91 Å². The molecule has 1 atom stereocenters. The van der Waals surface area contributed by atoms with E-state index in [9.17, 15) is 22.8 Å². The van der Waals surface area contributed by atoms with Crippen LogP contribution >= 0.6 is 11.6 Å². The van der Waals surface area contributed by atoms with E-state index in [0.717, 1.165) is 20.3 Å². The molecule has 3 aromatic carbocycles. The maximum absolute atomic E-state index is 14.4. The lowest BCUT2D eigenvalue weighted by atomic mass is 10.0. The second kappa shape index (κ2) is 10.9. The Morgan fingerprint density at radius 2 is 1.59 bits per heavy atom. The minimum atomic E-state index is -4.26. The fraction of sp³-hybridized carbons (Fsp3) is 0.276. The van der Waals surface area contributed by atoms with E-state index in [0.29, 0.717) is 27.4 Å². The maximum Gasteiger partial charge on any atom is 0.252 e. The molecule has 1 N–H and O–H groups in total. The van der Waals surface area contributed by atoms with Gasteiger partial charge in [-0.25, -0.2) is 13.3 Å². The molecule has 3 amide bonds. The van der Waals surface area contributed by atoms with Crippen LogP contribution in [0.15, 0.2) is 59.5 Å². The first kappa shape index (κ1) is 28.5. The van der Waals surface area contributed by atoms with Crippen molar-refractivity contribution in [2.75, 3.05) is 10.2 Å². The molecule has 0 radical (unpaired) electrons. The first-order valence-electron chi connectivity index (χ1n) is 12.4. The Morgan fingerprint density at radius 3 is 2.15 bits per heavy atom. The van der Waals surface area contributed by atoms with Crippen LogP contribution in [0.3, 0.4) is 0 Å². The minimum absolute atomic E-state index is 0.130. The third kappa shape index (κ3) is 5.48. The van der Waals surface area contributed by atoms with Crippen molar-refractivity contribution < 1.29 is 22.8 Å². The van der Waals surface area contributed by atoms with Gasteiger partial charge >= 0.3 is 0 Å². The van der Waals surface area contributed by atoms with Gasteiger partial charge in [0.1, 0.15) is 6.04 Å². The van der Waals surface area contributed by atoms with Crippen LogP contribution in [0.25, 0.3) is 0 Å². The third-order valence-electron chi connectivity index (χ3n) is 7.06. The Labute approximate surface area is 233 Å². The van der Waals surface area contributed by atoms with Crippen molar-refractivity contribution in [2.45, 2.75) is 58.5 Å². The van der Waals surface area contributed by atoms with Gasteiger partial charge in [-0.3, -0.25) is 14.4 Å². The standard InChI is InChI=1S/C29H30ClN3O5S/c1-17-14-18(2)20(4)28(19(17)3)39(37,38)32(16-22-8-6-7-9-25(22)30)26-15-27(35)33(29(26)36)24-12-10-23(11-13-24)31-21(5)34/h6-14,26H,15-16H2,1-5H3,(H,31,34). The van der Waals surface area contributed by atoms with E-state index >= 15 is 0 Å². The summed E-state index contributed by atoms with van der Waals surface area (Å²) in [6.45, 7) is 8.36. The Morgan fingerprint density at radius 1 is 1.00 bits per heavy atom. The number of carbonyl (C=O) groups excluding carboxylic acids is 3. The molecule has 1 unspecified atom stereocenters. The van der Waals surface area contributed by atoms with E-state index in [1.807, 2.05) is 19.9 Å². The molecule has 1 aliphatic rings. The number of nitrogens with zero attached hydrogens (tertiary/aromatic N) is 2. The maximum atomic E-state index is 14.4. The SMILES string of the molecule is CC(=O)Nc1ccc(N2C(=O)CC(N(Cc3ccccc3Cl)S(=O)(=O)c3c(C)c(C)cc(C)c3C)C2=O)cc1. The van der Waals surface area contributed by atoms with Crippen molar-refractivity contribution in [3.8, 4) is 0 Å². The Balaban J connectivity index is 1.81. The van der Waals surface area contributed by atoms with Gasteiger partial charge in [-0.2, -0.15) is 4.31 Å². The zero-order valence-corrected chi connectivity index (χ0v) is 24.0. The van der Waals surface area contributed by atoms with Gasteiger partial charge in [-0.1, -0.05) is 35.9 Å². The van der Waals surface area contributed by atoms with Crippen molar-refractivity contribution in [3.05, 3.63) is 87.4 Å². The number of hydrogen-bond donors (Lipinski definition) is 1. The Kier molecular flexibility index (Phi) is 7.97. The van der Waals surface area contributed by atoms with Crippen molar-refractivity contribution in [2.24, 2.45) is 0 Å². The van der Waals surface area contributed by atoms with Crippen LogP contribution < -0.4 is 10.2 Å². The molecule has 0 spiro atoms. The van der Waals surface area contributed by atoms with Crippen molar-refractivity contribution in [1.82, 2.24) is 4.31 Å². The zero-order valence-electron chi connectivity index (χ0n) is 22.4. The molecule has 0 aromatic heterocycles. The molecule has 0 bridgehead atoms. The highest BCUT2D eigenvalue weighted by Crippen LogP contribution is 2.35. The lowest BCUT2D eigenvalue weighted by Crippen LogP contribution is -2.45. The van der Waals surface area contributed by atoms with Gasteiger partial charge in [0.2, 0.25) is 21.8 Å². The first-order chi connectivity index (χ1) is 18.3. The molecular formula is C29H30ClN3O5S. The number of nitrogens with one attached hydrogen (secondary N) is 1. The van der Waals surface area contributed by atoms with E-state index in [1.165, 1.54) is 19.1 Å². The molecule has 1 fully saturated rings. The van der Waals surface area contributed by atoms with Crippen LogP contribution in [0.2, 0.25) is 5.02 Å². The highest BCUT2D eigenvalue weighted by molar-refractivity contribution is 7.89. The van der Waals surface area contributed by atoms with Gasteiger partial charge in [0, 0.05) is 24.2 Å². The average Bonchev–Trinajstić information content (AvgIpc) is 3.15. The van der Waals surface area contributed by atoms with Gasteiger partial charge in [-0.15, -0.1) is 0 Å². The smallest absolute Gasteiger partial charge is 0.252 e. The van der Waals surface area contributed by atoms with Gasteiger partial charge in [-0.05, 0) is 85.8 Å². The number of rotatable bonds is 7. The molecule has 204 valence electrons. The van der Waals surface area contributed by atoms with Crippen LogP contribution in [0.1, 0.15) is 41.2 Å². The average molecular weight is 568 g/mol. The molecule has 1 saturated heterocycles. The van der Waals surface area contributed by atoms with Crippen molar-refractivity contribution in [3.63, 3.8) is 0 Å². The number of amides is 3. The zero-order chi connectivity index (χ0) is 28.6. The summed E-state index contributed by atoms with van der Waals surface area (Å²) in [6, 6.07) is 13.7. The molecule has 3 aromatic rings. The quantitative estimate of drug-likeness (QED) is 0.402. The van der Waals surface area contributed by atoms with E-state index in [-0.39, 0.29) is 29.5 Å². The lowest BCUT2D eigenvalue weighted by Gasteiger charge is -2.29. The van der Waals surface area contributed by atoms with Crippen LogP contribution in [-0.4, -0.2) is 36.5 Å². The molecule has 4 rings (SSSR count). The van der Waals surface area contributed by atoms with E-state index in [4.69, 9.17) is 11.6 Å². The van der Waals surface area contributed by atoms with Crippen LogP contribution in [-0.2, 0) is 31.0 Å². The van der Waals surface area contributed by atoms with Gasteiger partial charge in [0.05, 0.1) is 17.0 Å². The summed E-state index contributed by atoms with van der Waals surface area (Å²) in [6.07, 6.45) is -0.321. The molecule has 1 aliphatic heterocycles. The number of hydrogen-bond acceptors (Lipinski definition) is 5. The summed E-state index contributed by atoms with van der Waals surface area (Å²) in [5, 5.41) is 2.99. The van der Waals surface area contributed by atoms with Crippen LogP contribution in [0.4, 0.5) is 11.4 Å². The molecule has 39 heavy (non-hydrogen) atoms. The summed E-state index contributed by atoms with van der Waals surface area (Å²) in [5.41, 5.74) is 4.10. The number of halogens is 1. The summed E-state index contributed by atoms with van der Waals surface area (Å²) in [4.78, 5) is 39.4. The number of imide groups is 1. The number of anilines is 2. The molecule has 0 saturated carbocycles. The normalized spacial score (nSPS) is 15.8. The fourth-order valence-corrected chi connectivity index (χ4v) is 7.19. The van der Waals surface area contributed by atoms with Gasteiger partial charge in [0.15, 0.2) is 0 Å². The fourth-order valence-electron chi connectivity index (χ4n) is 4.85. The second-order valence-electron chi connectivity index (χ2n) is 9.75. The molecule has 1 heterocycles. The molecular weight excluding hydrogens is 538 g/mol. The lowest BCUT2D eigenvalue weighted by molar-refractivity contribution is -0.122. The predicted octanol–water partition coefficient (Wildman–Crippen LogP) is 5.06. The highest BCUT2D eigenvalue weighted by Gasteiger charge is 2.47. The number of benzene rings is 3. The highest BCUT2D eigenvalue weighted by atomic mass is 35.5. The van der Waals surface area contributed by atoms with Crippen molar-refractivity contribution in [1.29, 1.82) is 0 Å². The van der Waals surface area contributed by atoms with Crippen LogP contribution in [0, 0.1) is 27.7 Å².